The first-order valence-corrected chi connectivity index (χ1v) is 8.84. The van der Waals surface area contributed by atoms with Crippen molar-refractivity contribution in [2.24, 2.45) is 0 Å². The summed E-state index contributed by atoms with van der Waals surface area (Å²) in [6, 6.07) is 2.17. The predicted octanol–water partition coefficient (Wildman–Crippen LogP) is 3.46. The van der Waals surface area contributed by atoms with Gasteiger partial charge in [0.25, 0.3) is 0 Å². The van der Waals surface area contributed by atoms with Crippen LogP contribution in [0.2, 0.25) is 5.02 Å². The highest BCUT2D eigenvalue weighted by Gasteiger charge is 2.32. The first kappa shape index (κ1) is 21.3. The van der Waals surface area contributed by atoms with Gasteiger partial charge in [0, 0.05) is 26.2 Å². The number of halogens is 4. The van der Waals surface area contributed by atoms with Gasteiger partial charge in [-0.1, -0.05) is 11.6 Å². The molecule has 27 heavy (non-hydrogen) atoms. The van der Waals surface area contributed by atoms with E-state index in [-0.39, 0.29) is 17.3 Å². The minimum absolute atomic E-state index is 0.0238. The molecule has 0 unspecified atom stereocenters. The fraction of sp³-hybridized carbons (Fsp3) is 0.529. The molecule has 0 bridgehead atoms. The van der Waals surface area contributed by atoms with Crippen LogP contribution in [-0.4, -0.2) is 60.6 Å². The van der Waals surface area contributed by atoms with Crippen LogP contribution in [0.25, 0.3) is 0 Å². The van der Waals surface area contributed by atoms with Gasteiger partial charge in [0.15, 0.2) is 0 Å². The number of nitrogens with zero attached hydrogens (tertiary/aromatic N) is 2. The molecule has 10 heteroatoms. The van der Waals surface area contributed by atoms with E-state index in [1.807, 2.05) is 4.90 Å². The van der Waals surface area contributed by atoms with E-state index in [0.29, 0.717) is 26.2 Å². The molecular weight excluding hydrogens is 387 g/mol. The van der Waals surface area contributed by atoms with Gasteiger partial charge in [0.05, 0.1) is 28.9 Å². The van der Waals surface area contributed by atoms with E-state index in [1.54, 1.807) is 18.7 Å². The van der Waals surface area contributed by atoms with Gasteiger partial charge in [-0.3, -0.25) is 9.69 Å². The molecule has 6 nitrogen and oxygen atoms in total. The number of carbonyl (C=O) groups is 2. The molecule has 2 amide bonds. The van der Waals surface area contributed by atoms with Crippen molar-refractivity contribution in [1.29, 1.82) is 0 Å². The zero-order chi connectivity index (χ0) is 20.2. The van der Waals surface area contributed by atoms with E-state index in [0.717, 1.165) is 18.2 Å². The third-order valence-corrected chi connectivity index (χ3v) is 4.65. The van der Waals surface area contributed by atoms with E-state index in [9.17, 15) is 22.8 Å². The number of benzene rings is 1. The highest BCUT2D eigenvalue weighted by Crippen LogP contribution is 2.33. The molecule has 1 aromatic carbocycles. The smallest absolute Gasteiger partial charge is 0.416 e. The number of nitrogens with one attached hydrogen (secondary N) is 1. The molecule has 150 valence electrons. The minimum atomic E-state index is -4.53. The first-order valence-electron chi connectivity index (χ1n) is 8.46. The van der Waals surface area contributed by atoms with Gasteiger partial charge in [-0.05, 0) is 32.0 Å². The molecule has 0 aliphatic carbocycles. The summed E-state index contributed by atoms with van der Waals surface area (Å²) in [5.41, 5.74) is -0.980. The van der Waals surface area contributed by atoms with Crippen LogP contribution in [-0.2, 0) is 15.7 Å². The standard InChI is InChI=1S/C17H21ClF3N3O3/c1-3-27-16(26)24-8-6-23(7-9-24)11(2)15(25)22-14-10-12(17(19,20)21)4-5-13(14)18/h4-5,10-11H,3,6-9H2,1-2H3,(H,22,25)/t11-/m0/s1. The summed E-state index contributed by atoms with van der Waals surface area (Å²) in [4.78, 5) is 27.5. The second kappa shape index (κ2) is 8.79. The van der Waals surface area contributed by atoms with E-state index in [1.165, 1.54) is 0 Å². The molecule has 0 saturated carbocycles. The zero-order valence-electron chi connectivity index (χ0n) is 15.0. The third-order valence-electron chi connectivity index (χ3n) is 4.32. The molecule has 1 aliphatic heterocycles. The van der Waals surface area contributed by atoms with Crippen LogP contribution in [0.1, 0.15) is 19.4 Å². The molecule has 0 aromatic heterocycles. The van der Waals surface area contributed by atoms with Crippen LogP contribution >= 0.6 is 11.6 Å². The molecule has 1 heterocycles. The van der Waals surface area contributed by atoms with Gasteiger partial charge in [0.1, 0.15) is 0 Å². The predicted molar refractivity (Wildman–Crippen MR) is 94.7 cm³/mol. The van der Waals surface area contributed by atoms with Crippen molar-refractivity contribution in [1.82, 2.24) is 9.80 Å². The largest absolute Gasteiger partial charge is 0.450 e. The molecule has 1 fully saturated rings. The summed E-state index contributed by atoms with van der Waals surface area (Å²) < 4.78 is 43.4. The summed E-state index contributed by atoms with van der Waals surface area (Å²) in [5.74, 6) is -0.471. The Morgan fingerprint density at radius 3 is 2.44 bits per heavy atom. The Bertz CT molecular complexity index is 692. The number of rotatable bonds is 4. The maximum Gasteiger partial charge on any atom is 0.416 e. The summed E-state index contributed by atoms with van der Waals surface area (Å²) >= 11 is 5.91. The molecular formula is C17H21ClF3N3O3. The van der Waals surface area contributed by atoms with Gasteiger partial charge in [-0.2, -0.15) is 13.2 Å². The third kappa shape index (κ3) is 5.49. The number of hydrogen-bond acceptors (Lipinski definition) is 4. The summed E-state index contributed by atoms with van der Waals surface area (Å²) in [7, 11) is 0. The molecule has 1 aromatic rings. The molecule has 1 atom stereocenters. The van der Waals surface area contributed by atoms with Crippen LogP contribution in [0.5, 0.6) is 0 Å². The number of alkyl halides is 3. The van der Waals surface area contributed by atoms with Crippen LogP contribution < -0.4 is 5.32 Å². The van der Waals surface area contributed by atoms with Crippen molar-refractivity contribution in [3.05, 3.63) is 28.8 Å². The Morgan fingerprint density at radius 1 is 1.26 bits per heavy atom. The van der Waals surface area contributed by atoms with Gasteiger partial charge in [-0.25, -0.2) is 4.79 Å². The monoisotopic (exact) mass is 407 g/mol. The lowest BCUT2D eigenvalue weighted by Crippen LogP contribution is -2.54. The summed E-state index contributed by atoms with van der Waals surface area (Å²) in [6.07, 6.45) is -4.93. The number of amides is 2. The quantitative estimate of drug-likeness (QED) is 0.830. The SMILES string of the molecule is CCOC(=O)N1CCN([C@@H](C)C(=O)Nc2cc(C(F)(F)F)ccc2Cl)CC1. The van der Waals surface area contributed by atoms with E-state index >= 15 is 0 Å². The molecule has 2 rings (SSSR count). The summed E-state index contributed by atoms with van der Waals surface area (Å²) in [5, 5.41) is 2.48. The lowest BCUT2D eigenvalue weighted by molar-refractivity contribution is -0.137. The van der Waals surface area contributed by atoms with Gasteiger partial charge < -0.3 is 15.0 Å². The van der Waals surface area contributed by atoms with Crippen molar-refractivity contribution in [3.8, 4) is 0 Å². The van der Waals surface area contributed by atoms with Gasteiger partial charge in [-0.15, -0.1) is 0 Å². The maximum absolute atomic E-state index is 12.8. The van der Waals surface area contributed by atoms with E-state index in [4.69, 9.17) is 16.3 Å². The lowest BCUT2D eigenvalue weighted by Gasteiger charge is -2.36. The van der Waals surface area contributed by atoms with Gasteiger partial charge in [0.2, 0.25) is 5.91 Å². The van der Waals surface area contributed by atoms with Crippen molar-refractivity contribution in [3.63, 3.8) is 0 Å². The second-order valence-electron chi connectivity index (χ2n) is 6.08. The first-order chi connectivity index (χ1) is 12.6. The van der Waals surface area contributed by atoms with Crippen LogP contribution in [0.3, 0.4) is 0 Å². The molecule has 0 spiro atoms. The Balaban J connectivity index is 1.98. The second-order valence-corrected chi connectivity index (χ2v) is 6.49. The summed E-state index contributed by atoms with van der Waals surface area (Å²) in [6.45, 7) is 5.36. The number of anilines is 1. The fourth-order valence-electron chi connectivity index (χ4n) is 2.71. The zero-order valence-corrected chi connectivity index (χ0v) is 15.7. The molecule has 1 saturated heterocycles. The Kier molecular flexibility index (Phi) is 6.94. The number of piperazine rings is 1. The Hall–Kier alpha value is -2.00. The molecule has 0 radical (unpaired) electrons. The lowest BCUT2D eigenvalue weighted by atomic mass is 10.1. The number of carbonyl (C=O) groups excluding carboxylic acids is 2. The molecule has 1 aliphatic rings. The van der Waals surface area contributed by atoms with Gasteiger partial charge >= 0.3 is 12.3 Å². The maximum atomic E-state index is 12.8. The highest BCUT2D eigenvalue weighted by molar-refractivity contribution is 6.33. The van der Waals surface area contributed by atoms with Crippen LogP contribution in [0, 0.1) is 0 Å². The average molecular weight is 408 g/mol. The normalized spacial score (nSPS) is 16.7. The van der Waals surface area contributed by atoms with Crippen LogP contribution in [0.4, 0.5) is 23.7 Å². The number of hydrogen-bond donors (Lipinski definition) is 1. The van der Waals surface area contributed by atoms with Crippen molar-refractivity contribution >= 4 is 29.3 Å². The highest BCUT2D eigenvalue weighted by atomic mass is 35.5. The topological polar surface area (TPSA) is 61.9 Å². The van der Waals surface area contributed by atoms with Crippen molar-refractivity contribution in [2.75, 3.05) is 38.1 Å². The van der Waals surface area contributed by atoms with Crippen molar-refractivity contribution in [2.45, 2.75) is 26.1 Å². The van der Waals surface area contributed by atoms with Crippen molar-refractivity contribution < 1.29 is 27.5 Å². The van der Waals surface area contributed by atoms with Crippen LogP contribution in [0.15, 0.2) is 18.2 Å². The Morgan fingerprint density at radius 2 is 1.89 bits per heavy atom. The fourth-order valence-corrected chi connectivity index (χ4v) is 2.87. The molecule has 1 N–H and O–H groups in total. The Labute approximate surface area is 160 Å². The number of ether oxygens (including phenoxy) is 1. The minimum Gasteiger partial charge on any atom is -0.450 e. The van der Waals surface area contributed by atoms with E-state index < -0.39 is 29.8 Å². The average Bonchev–Trinajstić information content (AvgIpc) is 2.62. The van der Waals surface area contributed by atoms with E-state index in [2.05, 4.69) is 5.32 Å².